The number of halogens is 2. The van der Waals surface area contributed by atoms with E-state index in [2.05, 4.69) is 0 Å². The minimum atomic E-state index is -1.01. The summed E-state index contributed by atoms with van der Waals surface area (Å²) in [5.74, 6) is -1.01. The molecule has 1 aromatic rings. The van der Waals surface area contributed by atoms with Crippen molar-refractivity contribution < 1.29 is 9.90 Å². The number of para-hydroxylation sites is 1. The van der Waals surface area contributed by atoms with Gasteiger partial charge in [-0.1, -0.05) is 18.2 Å². The van der Waals surface area contributed by atoms with E-state index < -0.39 is 12.0 Å². The van der Waals surface area contributed by atoms with E-state index in [9.17, 15) is 4.79 Å². The maximum absolute atomic E-state index is 10.4. The third kappa shape index (κ3) is 4.88. The van der Waals surface area contributed by atoms with E-state index in [0.29, 0.717) is 5.69 Å². The van der Waals surface area contributed by atoms with Gasteiger partial charge in [0.25, 0.3) is 0 Å². The second-order valence-electron chi connectivity index (χ2n) is 2.85. The lowest BCUT2D eigenvalue weighted by molar-refractivity contribution is -0.138. The Morgan fingerprint density at radius 1 is 1.33 bits per heavy atom. The van der Waals surface area contributed by atoms with Crippen LogP contribution in [0.2, 0.25) is 0 Å². The van der Waals surface area contributed by atoms with Gasteiger partial charge in [0.15, 0.2) is 0 Å². The van der Waals surface area contributed by atoms with Gasteiger partial charge in [0.1, 0.15) is 6.04 Å². The largest absolute Gasteiger partial charge is 0.480 e. The Kier molecular flexibility index (Phi) is 8.05. The molecule has 0 radical (unpaired) electrons. The lowest BCUT2D eigenvalue weighted by Gasteiger charge is -2.08. The summed E-state index contributed by atoms with van der Waals surface area (Å²) in [5, 5.41) is 8.57. The third-order valence-corrected chi connectivity index (χ3v) is 1.81. The molecule has 1 rings (SSSR count). The zero-order valence-corrected chi connectivity index (χ0v) is 9.55. The number of nitrogens with two attached hydrogens (primary N) is 2. The normalized spacial score (nSPS) is 10.7. The number of hydrogen-bond acceptors (Lipinski definition) is 3. The monoisotopic (exact) mass is 252 g/mol. The zero-order chi connectivity index (χ0) is 9.84. The first kappa shape index (κ1) is 16.5. The van der Waals surface area contributed by atoms with Crippen LogP contribution >= 0.6 is 24.8 Å². The topological polar surface area (TPSA) is 89.3 Å². The van der Waals surface area contributed by atoms with E-state index >= 15 is 0 Å². The summed E-state index contributed by atoms with van der Waals surface area (Å²) in [6.45, 7) is 0. The van der Waals surface area contributed by atoms with E-state index in [4.69, 9.17) is 16.6 Å². The smallest absolute Gasteiger partial charge is 0.320 e. The van der Waals surface area contributed by atoms with Gasteiger partial charge >= 0.3 is 5.97 Å². The number of rotatable bonds is 3. The lowest BCUT2D eigenvalue weighted by Crippen LogP contribution is -2.32. The van der Waals surface area contributed by atoms with Crippen LogP contribution in [0.3, 0.4) is 0 Å². The van der Waals surface area contributed by atoms with Gasteiger partial charge in [-0.25, -0.2) is 0 Å². The van der Waals surface area contributed by atoms with Crippen molar-refractivity contribution in [3.8, 4) is 0 Å². The van der Waals surface area contributed by atoms with Gasteiger partial charge in [0.05, 0.1) is 0 Å². The van der Waals surface area contributed by atoms with Crippen LogP contribution in [0.4, 0.5) is 5.69 Å². The predicted molar refractivity (Wildman–Crippen MR) is 64.7 cm³/mol. The van der Waals surface area contributed by atoms with Crippen molar-refractivity contribution in [2.45, 2.75) is 12.5 Å². The molecule has 0 bridgehead atoms. The average molecular weight is 253 g/mol. The SMILES string of the molecule is Cl.Cl.Nc1ccccc1CC(N)C(=O)O. The number of aliphatic carboxylic acids is 1. The predicted octanol–water partition coefficient (Wildman–Crippen LogP) is 1.07. The molecule has 0 amide bonds. The van der Waals surface area contributed by atoms with Crippen LogP contribution in [0, 0.1) is 0 Å². The van der Waals surface area contributed by atoms with Crippen molar-refractivity contribution in [3.05, 3.63) is 29.8 Å². The Hall–Kier alpha value is -0.970. The van der Waals surface area contributed by atoms with Crippen LogP contribution in [0.15, 0.2) is 24.3 Å². The van der Waals surface area contributed by atoms with Gasteiger partial charge in [0, 0.05) is 12.1 Å². The Bertz CT molecular complexity index is 321. The second-order valence-corrected chi connectivity index (χ2v) is 2.85. The van der Waals surface area contributed by atoms with E-state index in [1.54, 1.807) is 24.3 Å². The lowest BCUT2D eigenvalue weighted by atomic mass is 10.1. The fraction of sp³-hybridized carbons (Fsp3) is 0.222. The summed E-state index contributed by atoms with van der Waals surface area (Å²) in [7, 11) is 0. The molecule has 5 N–H and O–H groups in total. The molecule has 0 aromatic heterocycles. The van der Waals surface area contributed by atoms with Crippen molar-refractivity contribution in [2.24, 2.45) is 5.73 Å². The van der Waals surface area contributed by atoms with Crippen LogP contribution in [0.1, 0.15) is 5.56 Å². The molecule has 86 valence electrons. The summed E-state index contributed by atoms with van der Waals surface area (Å²) < 4.78 is 0. The van der Waals surface area contributed by atoms with Crippen molar-refractivity contribution >= 4 is 36.5 Å². The minimum Gasteiger partial charge on any atom is -0.480 e. The molecule has 0 saturated carbocycles. The molecule has 4 nitrogen and oxygen atoms in total. The molecule has 0 heterocycles. The molecule has 1 atom stereocenters. The summed E-state index contributed by atoms with van der Waals surface area (Å²) in [6, 6.07) is 6.22. The van der Waals surface area contributed by atoms with E-state index in [0.717, 1.165) is 5.56 Å². The van der Waals surface area contributed by atoms with Crippen LogP contribution in [0.25, 0.3) is 0 Å². The fourth-order valence-electron chi connectivity index (χ4n) is 1.04. The van der Waals surface area contributed by atoms with Crippen LogP contribution < -0.4 is 11.5 Å². The second kappa shape index (κ2) is 7.34. The highest BCUT2D eigenvalue weighted by Crippen LogP contribution is 2.11. The van der Waals surface area contributed by atoms with E-state index in [-0.39, 0.29) is 31.2 Å². The first-order chi connectivity index (χ1) is 6.11. The molecule has 0 aliphatic heterocycles. The van der Waals surface area contributed by atoms with Gasteiger partial charge < -0.3 is 16.6 Å². The third-order valence-electron chi connectivity index (χ3n) is 1.81. The maximum Gasteiger partial charge on any atom is 0.320 e. The van der Waals surface area contributed by atoms with Gasteiger partial charge in [0.2, 0.25) is 0 Å². The summed E-state index contributed by atoms with van der Waals surface area (Å²) in [6.07, 6.45) is 0.266. The van der Waals surface area contributed by atoms with Crippen molar-refractivity contribution in [1.29, 1.82) is 0 Å². The van der Waals surface area contributed by atoms with Gasteiger partial charge in [-0.2, -0.15) is 0 Å². The standard InChI is InChI=1S/C9H12N2O2.2ClH/c10-7-4-2-1-3-6(7)5-8(11)9(12)13;;/h1-4,8H,5,10-11H2,(H,12,13);2*1H. The fourth-order valence-corrected chi connectivity index (χ4v) is 1.04. The first-order valence-electron chi connectivity index (χ1n) is 3.93. The number of hydrogen-bond donors (Lipinski definition) is 3. The summed E-state index contributed by atoms with van der Waals surface area (Å²) >= 11 is 0. The van der Waals surface area contributed by atoms with Crippen molar-refractivity contribution in [3.63, 3.8) is 0 Å². The Morgan fingerprint density at radius 3 is 2.33 bits per heavy atom. The molecule has 1 aromatic carbocycles. The number of carboxylic acids is 1. The maximum atomic E-state index is 10.4. The van der Waals surface area contributed by atoms with Crippen LogP contribution in [-0.2, 0) is 11.2 Å². The number of carboxylic acid groups (broad SMARTS) is 1. The molecule has 15 heavy (non-hydrogen) atoms. The Balaban J connectivity index is 0. The van der Waals surface area contributed by atoms with E-state index in [1.165, 1.54) is 0 Å². The molecular weight excluding hydrogens is 239 g/mol. The molecule has 0 fully saturated rings. The minimum absolute atomic E-state index is 0. The Morgan fingerprint density at radius 2 is 1.87 bits per heavy atom. The van der Waals surface area contributed by atoms with E-state index in [1.807, 2.05) is 0 Å². The highest BCUT2D eigenvalue weighted by Gasteiger charge is 2.12. The Labute approximate surface area is 100 Å². The number of carbonyl (C=O) groups is 1. The van der Waals surface area contributed by atoms with Crippen molar-refractivity contribution in [2.75, 3.05) is 5.73 Å². The number of benzene rings is 1. The summed E-state index contributed by atoms with van der Waals surface area (Å²) in [4.78, 5) is 10.4. The molecule has 0 spiro atoms. The molecule has 0 saturated heterocycles. The summed E-state index contributed by atoms with van der Waals surface area (Å²) in [5.41, 5.74) is 12.3. The molecule has 1 unspecified atom stereocenters. The van der Waals surface area contributed by atoms with Crippen LogP contribution in [-0.4, -0.2) is 17.1 Å². The first-order valence-corrected chi connectivity index (χ1v) is 3.93. The van der Waals surface area contributed by atoms with Gasteiger partial charge in [-0.05, 0) is 11.6 Å². The highest BCUT2D eigenvalue weighted by molar-refractivity contribution is 5.85. The molecule has 0 aliphatic carbocycles. The highest BCUT2D eigenvalue weighted by atomic mass is 35.5. The molecular formula is C9H14Cl2N2O2. The quantitative estimate of drug-likeness (QED) is 0.703. The molecule has 6 heteroatoms. The molecule has 0 aliphatic rings. The van der Waals surface area contributed by atoms with Gasteiger partial charge in [-0.15, -0.1) is 24.8 Å². The van der Waals surface area contributed by atoms with Crippen molar-refractivity contribution in [1.82, 2.24) is 0 Å². The van der Waals surface area contributed by atoms with Gasteiger partial charge in [-0.3, -0.25) is 4.79 Å². The average Bonchev–Trinajstić information content (AvgIpc) is 2.08. The number of nitrogen functional groups attached to an aromatic ring is 1. The number of anilines is 1. The van der Waals surface area contributed by atoms with Crippen LogP contribution in [0.5, 0.6) is 0 Å². The zero-order valence-electron chi connectivity index (χ0n) is 7.92.